The van der Waals surface area contributed by atoms with Crippen molar-refractivity contribution >= 4 is 44.1 Å². The number of pyridine rings is 1. The number of methoxy groups -OCH3 is 1. The third kappa shape index (κ3) is 4.50. The average molecular weight is 568 g/mol. The number of fused-ring (bicyclic) bond motifs is 1. The molecule has 1 saturated heterocycles. The van der Waals surface area contributed by atoms with E-state index >= 15 is 8.78 Å². The molecule has 4 aromatic rings. The minimum Gasteiger partial charge on any atom is -0.480 e. The molecule has 0 atom stereocenters. The largest absolute Gasteiger partial charge is 0.480 e. The van der Waals surface area contributed by atoms with Crippen LogP contribution in [-0.4, -0.2) is 55.9 Å². The van der Waals surface area contributed by atoms with Crippen LogP contribution in [-0.2, 0) is 14.8 Å². The molecule has 2 aromatic heterocycles. The van der Waals surface area contributed by atoms with Crippen molar-refractivity contribution in [3.63, 3.8) is 0 Å². The summed E-state index contributed by atoms with van der Waals surface area (Å²) in [7, 11) is -3.34. The van der Waals surface area contributed by atoms with Crippen LogP contribution >= 0.6 is 11.6 Å². The van der Waals surface area contributed by atoms with Crippen molar-refractivity contribution in [3.05, 3.63) is 64.7 Å². The first kappa shape index (κ1) is 25.8. The smallest absolute Gasteiger partial charge is 0.272 e. The summed E-state index contributed by atoms with van der Waals surface area (Å²) in [5.74, 6) is -4.53. The highest BCUT2D eigenvalue weighted by atomic mass is 35.5. The number of aromatic nitrogens is 3. The van der Waals surface area contributed by atoms with E-state index in [1.807, 2.05) is 4.72 Å². The van der Waals surface area contributed by atoms with Gasteiger partial charge >= 0.3 is 0 Å². The molecule has 1 aliphatic rings. The number of sulfonamides is 1. The number of ether oxygens (including phenoxy) is 2. The maximum Gasteiger partial charge on any atom is 0.272 e. The van der Waals surface area contributed by atoms with Gasteiger partial charge in [-0.05, 0) is 24.3 Å². The van der Waals surface area contributed by atoms with Gasteiger partial charge < -0.3 is 14.8 Å². The topological polar surface area (TPSA) is 135 Å². The number of amides is 1. The third-order valence-electron chi connectivity index (χ3n) is 5.74. The zero-order valence-electron chi connectivity index (χ0n) is 19.3. The van der Waals surface area contributed by atoms with Gasteiger partial charge in [-0.1, -0.05) is 17.7 Å². The van der Waals surface area contributed by atoms with E-state index in [2.05, 4.69) is 20.5 Å². The Bertz CT molecular complexity index is 1690. The zero-order valence-corrected chi connectivity index (χ0v) is 20.9. The summed E-state index contributed by atoms with van der Waals surface area (Å²) in [6.45, 7) is 0.678. The Hall–Kier alpha value is -3.88. The van der Waals surface area contributed by atoms with Crippen molar-refractivity contribution in [1.82, 2.24) is 20.5 Å². The molecular weight excluding hydrogens is 551 g/mol. The van der Waals surface area contributed by atoms with Crippen molar-refractivity contribution in [2.45, 2.75) is 10.9 Å². The Labute approximate surface area is 218 Å². The average Bonchev–Trinajstić information content (AvgIpc) is 3.29. The minimum absolute atomic E-state index is 0.0320. The summed E-state index contributed by atoms with van der Waals surface area (Å²) in [6.07, 6.45) is 1.15. The van der Waals surface area contributed by atoms with Gasteiger partial charge in [0.05, 0.1) is 42.6 Å². The molecule has 5 rings (SSSR count). The summed E-state index contributed by atoms with van der Waals surface area (Å²) in [5.41, 5.74) is -2.41. The molecule has 0 bridgehead atoms. The van der Waals surface area contributed by atoms with Crippen LogP contribution in [0.25, 0.3) is 22.0 Å². The van der Waals surface area contributed by atoms with Crippen LogP contribution in [0.1, 0.15) is 10.5 Å². The number of carbonyl (C=O) groups excluding carboxylic acids is 1. The van der Waals surface area contributed by atoms with Crippen LogP contribution < -0.4 is 14.8 Å². The van der Waals surface area contributed by atoms with Crippen LogP contribution in [0.4, 0.5) is 18.9 Å². The number of nitrogens with zero attached hydrogens (tertiary/aromatic N) is 2. The highest BCUT2D eigenvalue weighted by Crippen LogP contribution is 2.36. The van der Waals surface area contributed by atoms with Crippen LogP contribution in [0.3, 0.4) is 0 Å². The molecule has 0 radical (unpaired) electrons. The van der Waals surface area contributed by atoms with Gasteiger partial charge in [0.2, 0.25) is 5.88 Å². The van der Waals surface area contributed by atoms with E-state index < -0.39 is 55.1 Å². The molecule has 1 fully saturated rings. The molecule has 1 aliphatic heterocycles. The number of aromatic amines is 1. The molecule has 1 amide bonds. The molecule has 2 aromatic carbocycles. The van der Waals surface area contributed by atoms with E-state index in [4.69, 9.17) is 21.1 Å². The monoisotopic (exact) mass is 567 g/mol. The van der Waals surface area contributed by atoms with Crippen molar-refractivity contribution in [2.75, 3.05) is 25.0 Å². The SMILES string of the molecule is COc1ncc(Cl)cc1S(=O)(=O)Nc1ccc(F)c(-c2ccc3c(C(=O)NC4COC4)n[nH]c3c2F)c1F. The van der Waals surface area contributed by atoms with Gasteiger partial charge in [0.15, 0.2) is 22.2 Å². The molecule has 3 N–H and O–H groups in total. The predicted molar refractivity (Wildman–Crippen MR) is 130 cm³/mol. The first-order valence-corrected chi connectivity index (χ1v) is 12.7. The van der Waals surface area contributed by atoms with Gasteiger partial charge in [-0.2, -0.15) is 5.10 Å². The van der Waals surface area contributed by atoms with Crippen LogP contribution in [0, 0.1) is 17.5 Å². The molecular formula is C23H17ClF3N5O5S. The highest BCUT2D eigenvalue weighted by molar-refractivity contribution is 7.92. The molecule has 38 heavy (non-hydrogen) atoms. The Morgan fingerprint density at radius 3 is 2.63 bits per heavy atom. The lowest BCUT2D eigenvalue weighted by Gasteiger charge is -2.26. The highest BCUT2D eigenvalue weighted by Gasteiger charge is 2.28. The van der Waals surface area contributed by atoms with Crippen molar-refractivity contribution in [2.24, 2.45) is 0 Å². The molecule has 198 valence electrons. The van der Waals surface area contributed by atoms with Gasteiger partial charge in [0.1, 0.15) is 11.3 Å². The molecule has 0 saturated carbocycles. The fraction of sp³-hybridized carbons (Fsp3) is 0.174. The molecule has 3 heterocycles. The fourth-order valence-electron chi connectivity index (χ4n) is 3.83. The number of benzene rings is 2. The first-order chi connectivity index (χ1) is 18.1. The van der Waals surface area contributed by atoms with E-state index in [1.165, 1.54) is 13.2 Å². The maximum absolute atomic E-state index is 15.5. The number of H-pyrrole nitrogens is 1. The number of rotatable bonds is 7. The van der Waals surface area contributed by atoms with E-state index in [9.17, 15) is 17.6 Å². The number of nitrogens with one attached hydrogen (secondary N) is 3. The third-order valence-corrected chi connectivity index (χ3v) is 7.30. The molecule has 15 heteroatoms. The molecule has 10 nitrogen and oxygen atoms in total. The summed E-state index contributed by atoms with van der Waals surface area (Å²) in [6, 6.07) is 4.81. The van der Waals surface area contributed by atoms with E-state index in [1.54, 1.807) is 0 Å². The van der Waals surface area contributed by atoms with Gasteiger partial charge in [-0.25, -0.2) is 26.6 Å². The zero-order chi connectivity index (χ0) is 27.2. The Morgan fingerprint density at radius 1 is 1.18 bits per heavy atom. The number of halogens is 4. The van der Waals surface area contributed by atoms with Gasteiger partial charge in [-0.3, -0.25) is 14.6 Å². The molecule has 0 unspecified atom stereocenters. The molecule has 0 spiro atoms. The second-order valence-electron chi connectivity index (χ2n) is 8.18. The van der Waals surface area contributed by atoms with Gasteiger partial charge in [0, 0.05) is 17.1 Å². The molecule has 0 aliphatic carbocycles. The second-order valence-corrected chi connectivity index (χ2v) is 10.3. The summed E-state index contributed by atoms with van der Waals surface area (Å²) in [4.78, 5) is 15.7. The second kappa shape index (κ2) is 9.78. The van der Waals surface area contributed by atoms with Crippen LogP contribution in [0.2, 0.25) is 5.02 Å². The van der Waals surface area contributed by atoms with Gasteiger partial charge in [-0.15, -0.1) is 0 Å². The summed E-state index contributed by atoms with van der Waals surface area (Å²) < 4.78 is 83.6. The number of hydrogen-bond acceptors (Lipinski definition) is 7. The Kier molecular flexibility index (Phi) is 6.63. The van der Waals surface area contributed by atoms with Crippen molar-refractivity contribution in [3.8, 4) is 17.0 Å². The number of carbonyl (C=O) groups is 1. The van der Waals surface area contributed by atoms with Crippen LogP contribution in [0.5, 0.6) is 5.88 Å². The van der Waals surface area contributed by atoms with E-state index in [0.29, 0.717) is 13.2 Å². The number of anilines is 1. The first-order valence-electron chi connectivity index (χ1n) is 10.9. The lowest BCUT2D eigenvalue weighted by atomic mass is 10.0. The van der Waals surface area contributed by atoms with Gasteiger partial charge in [0.25, 0.3) is 15.9 Å². The summed E-state index contributed by atoms with van der Waals surface area (Å²) >= 11 is 5.85. The Morgan fingerprint density at radius 2 is 1.95 bits per heavy atom. The van der Waals surface area contributed by atoms with Crippen LogP contribution in [0.15, 0.2) is 41.4 Å². The quantitative estimate of drug-likeness (QED) is 0.310. The maximum atomic E-state index is 15.5. The van der Waals surface area contributed by atoms with E-state index in [-0.39, 0.29) is 33.5 Å². The lowest BCUT2D eigenvalue weighted by Crippen LogP contribution is -2.48. The van der Waals surface area contributed by atoms with E-state index in [0.717, 1.165) is 30.5 Å². The predicted octanol–water partition coefficient (Wildman–Crippen LogP) is 3.63. The van der Waals surface area contributed by atoms with Crippen molar-refractivity contribution in [1.29, 1.82) is 0 Å². The lowest BCUT2D eigenvalue weighted by molar-refractivity contribution is -0.00352. The standard InChI is InChI=1S/C23H17ClF3N5O5S/c1-36-23-16(6-10(24)7-28-23)38(34,35)32-15-5-4-14(25)17(19(15)27)12-2-3-13-20(18(12)26)30-31-21(13)22(33)29-11-8-37-9-11/h2-7,11,32H,8-9H2,1H3,(H,29,33)(H,30,31). The fourth-order valence-corrected chi connectivity index (χ4v) is 5.25. The minimum atomic E-state index is -4.52. The number of hydrogen-bond donors (Lipinski definition) is 3. The Balaban J connectivity index is 1.53. The summed E-state index contributed by atoms with van der Waals surface area (Å²) in [5, 5.41) is 8.95. The normalized spacial score (nSPS) is 13.8. The van der Waals surface area contributed by atoms with Crippen molar-refractivity contribution < 1.29 is 35.9 Å².